The van der Waals surface area contributed by atoms with Gasteiger partial charge in [0.15, 0.2) is 5.78 Å². The average Bonchev–Trinajstić information content (AvgIpc) is 2.99. The van der Waals surface area contributed by atoms with Crippen molar-refractivity contribution in [3.8, 4) is 17.2 Å². The van der Waals surface area contributed by atoms with E-state index in [9.17, 15) is 14.4 Å². The van der Waals surface area contributed by atoms with Crippen LogP contribution in [-0.4, -0.2) is 49.8 Å². The molecule has 2 aliphatic rings. The zero-order valence-corrected chi connectivity index (χ0v) is 25.3. The van der Waals surface area contributed by atoms with Gasteiger partial charge in [0.2, 0.25) is 0 Å². The minimum absolute atomic E-state index is 0.0693. The Labute approximate surface area is 249 Å². The van der Waals surface area contributed by atoms with E-state index in [0.29, 0.717) is 36.7 Å². The molecule has 1 aliphatic carbocycles. The Morgan fingerprint density at radius 1 is 0.857 bits per heavy atom. The van der Waals surface area contributed by atoms with Crippen molar-refractivity contribution in [1.29, 1.82) is 0 Å². The Morgan fingerprint density at radius 2 is 1.52 bits per heavy atom. The fourth-order valence-corrected chi connectivity index (χ4v) is 5.92. The first-order valence-electron chi connectivity index (χ1n) is 15.4. The van der Waals surface area contributed by atoms with Crippen LogP contribution in [0.25, 0.3) is 0 Å². The van der Waals surface area contributed by atoms with Crippen molar-refractivity contribution in [3.05, 3.63) is 52.6 Å². The number of fused-ring (bicyclic) bond motifs is 2. The molecule has 4 rings (SSSR count). The molecule has 8 nitrogen and oxygen atoms in total. The molecule has 0 fully saturated rings. The number of aryl methyl sites for hydroxylation is 1. The number of carbonyl (C=O) groups excluding carboxylic acids is 3. The zero-order chi connectivity index (χ0) is 30.0. The number of rotatable bonds is 15. The number of hydrogen-bond acceptors (Lipinski definition) is 8. The highest BCUT2D eigenvalue weighted by molar-refractivity contribution is 6.01. The maximum atomic E-state index is 13.5. The lowest BCUT2D eigenvalue weighted by atomic mass is 9.82. The van der Waals surface area contributed by atoms with Gasteiger partial charge < -0.3 is 23.7 Å². The highest BCUT2D eigenvalue weighted by Gasteiger charge is 2.42. The molecule has 1 aliphatic heterocycles. The Balaban J connectivity index is 1.52. The molecule has 0 bridgehead atoms. The Kier molecular flexibility index (Phi) is 11.3. The Bertz CT molecular complexity index is 1230. The van der Waals surface area contributed by atoms with E-state index in [2.05, 4.69) is 13.0 Å². The van der Waals surface area contributed by atoms with Crippen molar-refractivity contribution in [2.24, 2.45) is 0 Å². The summed E-state index contributed by atoms with van der Waals surface area (Å²) in [5, 5.41) is 0. The first-order chi connectivity index (χ1) is 20.4. The van der Waals surface area contributed by atoms with Gasteiger partial charge in [0.05, 0.1) is 25.2 Å². The van der Waals surface area contributed by atoms with E-state index in [1.54, 1.807) is 19.9 Å². The van der Waals surface area contributed by atoms with Crippen LogP contribution in [0.1, 0.15) is 99.2 Å². The minimum atomic E-state index is -1.03. The zero-order valence-electron chi connectivity index (χ0n) is 25.3. The topological polar surface area (TPSA) is 97.4 Å². The summed E-state index contributed by atoms with van der Waals surface area (Å²) in [7, 11) is 0. The van der Waals surface area contributed by atoms with E-state index in [0.717, 1.165) is 30.6 Å². The second-order valence-corrected chi connectivity index (χ2v) is 11.0. The molecule has 0 amide bonds. The summed E-state index contributed by atoms with van der Waals surface area (Å²) in [6, 6.07) is 9.84. The van der Waals surface area contributed by atoms with E-state index in [4.69, 9.17) is 23.7 Å². The van der Waals surface area contributed by atoms with E-state index >= 15 is 0 Å². The summed E-state index contributed by atoms with van der Waals surface area (Å²) in [5.74, 6) is 1.26. The number of hydrogen-bond donors (Lipinski definition) is 0. The van der Waals surface area contributed by atoms with Crippen LogP contribution in [0.15, 0.2) is 30.3 Å². The first kappa shape index (κ1) is 31.4. The molecule has 228 valence electrons. The van der Waals surface area contributed by atoms with Gasteiger partial charge in [-0.05, 0) is 88.1 Å². The van der Waals surface area contributed by atoms with Gasteiger partial charge in [0, 0.05) is 18.4 Å². The number of ketones is 1. The lowest BCUT2D eigenvalue weighted by molar-refractivity contribution is -0.145. The SMILES string of the molecule is CCCc1c(OCCOc2cccc3c2CCCC3)ccc2c1OC(CCC(=O)OCC)(CCC(=O)OCC)CC2=O. The maximum Gasteiger partial charge on any atom is 0.305 e. The van der Waals surface area contributed by atoms with Gasteiger partial charge in [-0.3, -0.25) is 14.4 Å². The average molecular weight is 581 g/mol. The third-order valence-electron chi connectivity index (χ3n) is 7.95. The lowest BCUT2D eigenvalue weighted by Gasteiger charge is -2.39. The predicted molar refractivity (Wildman–Crippen MR) is 159 cm³/mol. The Hall–Kier alpha value is -3.55. The molecule has 0 unspecified atom stereocenters. The first-order valence-corrected chi connectivity index (χ1v) is 15.4. The fraction of sp³-hybridized carbons (Fsp3) is 0.559. The molecule has 0 saturated carbocycles. The monoisotopic (exact) mass is 580 g/mol. The van der Waals surface area contributed by atoms with Crippen LogP contribution < -0.4 is 14.2 Å². The van der Waals surface area contributed by atoms with Crippen LogP contribution in [-0.2, 0) is 38.3 Å². The van der Waals surface area contributed by atoms with Crippen molar-refractivity contribution in [2.45, 2.75) is 97.0 Å². The molecule has 0 saturated heterocycles. The summed E-state index contributed by atoms with van der Waals surface area (Å²) < 4.78 is 29.3. The van der Waals surface area contributed by atoms with Gasteiger partial charge in [0.25, 0.3) is 0 Å². The molecule has 2 aromatic carbocycles. The third-order valence-corrected chi connectivity index (χ3v) is 7.95. The van der Waals surface area contributed by atoms with Gasteiger partial charge in [0.1, 0.15) is 36.1 Å². The highest BCUT2D eigenvalue weighted by atomic mass is 16.5. The molecule has 0 aromatic heterocycles. The molecule has 2 aromatic rings. The van der Waals surface area contributed by atoms with Crippen molar-refractivity contribution in [2.75, 3.05) is 26.4 Å². The molecule has 1 heterocycles. The van der Waals surface area contributed by atoms with Gasteiger partial charge in [-0.15, -0.1) is 0 Å². The van der Waals surface area contributed by atoms with Gasteiger partial charge in [-0.25, -0.2) is 0 Å². The number of benzene rings is 2. The predicted octanol–water partition coefficient (Wildman–Crippen LogP) is 6.37. The Morgan fingerprint density at radius 3 is 2.19 bits per heavy atom. The summed E-state index contributed by atoms with van der Waals surface area (Å²) in [6.45, 7) is 6.84. The van der Waals surface area contributed by atoms with Gasteiger partial charge in [-0.1, -0.05) is 25.5 Å². The number of carbonyl (C=O) groups is 3. The normalized spacial score (nSPS) is 15.2. The van der Waals surface area contributed by atoms with Crippen LogP contribution in [0.2, 0.25) is 0 Å². The fourth-order valence-electron chi connectivity index (χ4n) is 5.92. The second kappa shape index (κ2) is 15.1. The van der Waals surface area contributed by atoms with Crippen molar-refractivity contribution in [1.82, 2.24) is 0 Å². The number of ether oxygens (including phenoxy) is 5. The molecular formula is C34H44O8. The van der Waals surface area contributed by atoms with E-state index in [1.165, 1.54) is 24.0 Å². The van der Waals surface area contributed by atoms with Crippen LogP contribution in [0.4, 0.5) is 0 Å². The van der Waals surface area contributed by atoms with Crippen LogP contribution in [0.5, 0.6) is 17.2 Å². The largest absolute Gasteiger partial charge is 0.490 e. The van der Waals surface area contributed by atoms with Crippen LogP contribution >= 0.6 is 0 Å². The molecule has 0 N–H and O–H groups in total. The van der Waals surface area contributed by atoms with E-state index < -0.39 is 5.60 Å². The van der Waals surface area contributed by atoms with E-state index in [1.807, 2.05) is 18.2 Å². The quantitative estimate of drug-likeness (QED) is 0.177. The molecular weight excluding hydrogens is 536 g/mol. The highest BCUT2D eigenvalue weighted by Crippen LogP contribution is 2.44. The smallest absolute Gasteiger partial charge is 0.305 e. The second-order valence-electron chi connectivity index (χ2n) is 11.0. The number of esters is 2. The van der Waals surface area contributed by atoms with Crippen LogP contribution in [0.3, 0.4) is 0 Å². The molecule has 8 heteroatoms. The van der Waals surface area contributed by atoms with Gasteiger partial charge in [-0.2, -0.15) is 0 Å². The summed E-state index contributed by atoms with van der Waals surface area (Å²) in [6.07, 6.45) is 6.73. The molecule has 42 heavy (non-hydrogen) atoms. The third kappa shape index (κ3) is 7.84. The maximum absolute atomic E-state index is 13.5. The summed E-state index contributed by atoms with van der Waals surface area (Å²) in [5.41, 5.74) is 2.96. The molecule has 0 spiro atoms. The standard InChI is InChI=1S/C34H44O8/c1-4-10-27-30(41-22-21-40-29-14-9-12-24-11-7-8-13-25(24)29)16-15-26-28(35)23-34(42-33(26)27,19-17-31(36)38-5-2)20-18-32(37)39-6-3/h9,12,14-16H,4-8,10-11,13,17-23H2,1-3H3. The van der Waals surface area contributed by atoms with E-state index in [-0.39, 0.29) is 63.0 Å². The van der Waals surface area contributed by atoms with Crippen molar-refractivity contribution >= 4 is 17.7 Å². The van der Waals surface area contributed by atoms with Crippen molar-refractivity contribution < 1.29 is 38.1 Å². The molecule has 0 radical (unpaired) electrons. The van der Waals surface area contributed by atoms with Gasteiger partial charge >= 0.3 is 11.9 Å². The summed E-state index contributed by atoms with van der Waals surface area (Å²) >= 11 is 0. The molecule has 0 atom stereocenters. The lowest BCUT2D eigenvalue weighted by Crippen LogP contribution is -2.43. The van der Waals surface area contributed by atoms with Crippen LogP contribution in [0, 0.1) is 0 Å². The minimum Gasteiger partial charge on any atom is -0.490 e. The number of Topliss-reactive ketones (excluding diaryl/α,β-unsaturated/α-hetero) is 1. The summed E-state index contributed by atoms with van der Waals surface area (Å²) in [4.78, 5) is 38.0. The van der Waals surface area contributed by atoms with Crippen molar-refractivity contribution in [3.63, 3.8) is 0 Å².